The lowest BCUT2D eigenvalue weighted by Gasteiger charge is -2.32. The topological polar surface area (TPSA) is 62.3 Å². The van der Waals surface area contributed by atoms with Gasteiger partial charge < -0.3 is 20.3 Å². The molecule has 0 spiro atoms. The van der Waals surface area contributed by atoms with Crippen molar-refractivity contribution in [3.63, 3.8) is 0 Å². The monoisotopic (exact) mass is 279 g/mol. The van der Waals surface area contributed by atoms with Gasteiger partial charge in [-0.3, -0.25) is 0 Å². The third-order valence-electron chi connectivity index (χ3n) is 3.61. The van der Waals surface area contributed by atoms with Crippen LogP contribution in [0.2, 0.25) is 0 Å². The van der Waals surface area contributed by atoms with Crippen LogP contribution in [-0.2, 0) is 11.3 Å². The van der Waals surface area contributed by atoms with E-state index in [-0.39, 0.29) is 0 Å². The minimum absolute atomic E-state index is 0.427. The van der Waals surface area contributed by atoms with Crippen LogP contribution in [0.5, 0.6) is 0 Å². The van der Waals surface area contributed by atoms with Crippen molar-refractivity contribution in [3.05, 3.63) is 11.9 Å². The number of ether oxygens (including phenoxy) is 1. The van der Waals surface area contributed by atoms with Gasteiger partial charge in [0.25, 0.3) is 0 Å². The summed E-state index contributed by atoms with van der Waals surface area (Å²) in [6.45, 7) is 6.03. The number of likely N-dealkylation sites (N-methyl/N-ethyl adjacent to an activating group) is 1. The zero-order valence-electron chi connectivity index (χ0n) is 12.6. The Kier molecular flexibility index (Phi) is 5.55. The molecule has 1 saturated heterocycles. The van der Waals surface area contributed by atoms with Gasteiger partial charge in [-0.05, 0) is 25.9 Å². The summed E-state index contributed by atoms with van der Waals surface area (Å²) in [5, 5.41) is 6.60. The summed E-state index contributed by atoms with van der Waals surface area (Å²) in [6.07, 6.45) is 2.43. The summed E-state index contributed by atoms with van der Waals surface area (Å²) >= 11 is 0. The van der Waals surface area contributed by atoms with E-state index in [9.17, 15) is 0 Å². The molecule has 1 aliphatic rings. The van der Waals surface area contributed by atoms with Gasteiger partial charge in [-0.25, -0.2) is 9.97 Å². The fourth-order valence-corrected chi connectivity index (χ4v) is 2.56. The summed E-state index contributed by atoms with van der Waals surface area (Å²) in [6, 6.07) is 2.41. The molecule has 0 radical (unpaired) electrons. The first-order chi connectivity index (χ1) is 9.75. The third-order valence-corrected chi connectivity index (χ3v) is 3.61. The Morgan fingerprint density at radius 3 is 2.90 bits per heavy atom. The Bertz CT molecular complexity index is 426. The predicted octanol–water partition coefficient (Wildman–Crippen LogP) is 1.56. The van der Waals surface area contributed by atoms with Crippen LogP contribution in [-0.4, -0.2) is 54.7 Å². The standard InChI is InChI=1S/C14H25N5O/c1-4-19-7-5-6-11(9-19)16-13-8-12(15-2)17-14(18-13)10-20-3/h8,11H,4-7,9-10H2,1-3H3,(H2,15,16,17,18). The van der Waals surface area contributed by atoms with E-state index >= 15 is 0 Å². The van der Waals surface area contributed by atoms with Crippen LogP contribution >= 0.6 is 0 Å². The Balaban J connectivity index is 2.05. The summed E-state index contributed by atoms with van der Waals surface area (Å²) in [5.74, 6) is 2.39. The van der Waals surface area contributed by atoms with Crippen LogP contribution in [0.1, 0.15) is 25.6 Å². The lowest BCUT2D eigenvalue weighted by atomic mass is 10.1. The average Bonchev–Trinajstić information content (AvgIpc) is 2.47. The SMILES string of the molecule is CCN1CCCC(Nc2cc(NC)nc(COC)n2)C1. The Morgan fingerprint density at radius 1 is 1.40 bits per heavy atom. The molecular weight excluding hydrogens is 254 g/mol. The van der Waals surface area contributed by atoms with E-state index in [0.717, 1.165) is 24.7 Å². The van der Waals surface area contributed by atoms with Crippen molar-refractivity contribution in [2.45, 2.75) is 32.4 Å². The minimum Gasteiger partial charge on any atom is -0.377 e. The lowest BCUT2D eigenvalue weighted by Crippen LogP contribution is -2.42. The Morgan fingerprint density at radius 2 is 2.20 bits per heavy atom. The van der Waals surface area contributed by atoms with E-state index < -0.39 is 0 Å². The fraction of sp³-hybridized carbons (Fsp3) is 0.714. The van der Waals surface area contributed by atoms with Gasteiger partial charge in [-0.15, -0.1) is 0 Å². The van der Waals surface area contributed by atoms with Gasteiger partial charge in [0.1, 0.15) is 18.2 Å². The maximum Gasteiger partial charge on any atom is 0.158 e. The molecule has 2 heterocycles. The Labute approximate surface area is 120 Å². The first-order valence-electron chi connectivity index (χ1n) is 7.28. The number of hydrogen-bond donors (Lipinski definition) is 2. The molecule has 1 atom stereocenters. The molecule has 2 rings (SSSR count). The summed E-state index contributed by atoms with van der Waals surface area (Å²) in [7, 11) is 3.52. The third kappa shape index (κ3) is 4.05. The maximum atomic E-state index is 5.12. The molecule has 1 aromatic heterocycles. The molecule has 1 unspecified atom stereocenters. The average molecular weight is 279 g/mol. The molecule has 0 aliphatic carbocycles. The molecule has 1 aromatic rings. The highest BCUT2D eigenvalue weighted by Crippen LogP contribution is 2.17. The van der Waals surface area contributed by atoms with Gasteiger partial charge in [0.15, 0.2) is 5.82 Å². The number of nitrogens with zero attached hydrogens (tertiary/aromatic N) is 3. The number of anilines is 2. The number of nitrogens with one attached hydrogen (secondary N) is 2. The molecule has 6 heteroatoms. The van der Waals surface area contributed by atoms with E-state index in [0.29, 0.717) is 18.5 Å². The first-order valence-corrected chi connectivity index (χ1v) is 7.28. The lowest BCUT2D eigenvalue weighted by molar-refractivity contribution is 0.178. The quantitative estimate of drug-likeness (QED) is 0.824. The molecule has 0 bridgehead atoms. The van der Waals surface area contributed by atoms with Crippen LogP contribution in [0.4, 0.5) is 11.6 Å². The number of hydrogen-bond acceptors (Lipinski definition) is 6. The molecule has 6 nitrogen and oxygen atoms in total. The molecule has 1 fully saturated rings. The summed E-state index contributed by atoms with van der Waals surface area (Å²) in [4.78, 5) is 11.3. The zero-order valence-corrected chi connectivity index (χ0v) is 12.6. The fourth-order valence-electron chi connectivity index (χ4n) is 2.56. The summed E-state index contributed by atoms with van der Waals surface area (Å²) in [5.41, 5.74) is 0. The van der Waals surface area contributed by atoms with Gasteiger partial charge in [0, 0.05) is 32.8 Å². The minimum atomic E-state index is 0.427. The highest BCUT2D eigenvalue weighted by Gasteiger charge is 2.19. The van der Waals surface area contributed by atoms with Crippen LogP contribution in [0.3, 0.4) is 0 Å². The van der Waals surface area contributed by atoms with E-state index in [4.69, 9.17) is 4.74 Å². The molecule has 1 aliphatic heterocycles. The molecule has 112 valence electrons. The second-order valence-electron chi connectivity index (χ2n) is 5.11. The number of methoxy groups -OCH3 is 1. The normalized spacial score (nSPS) is 19.9. The number of rotatable bonds is 6. The van der Waals surface area contributed by atoms with Gasteiger partial charge in [-0.2, -0.15) is 0 Å². The van der Waals surface area contributed by atoms with E-state index in [1.807, 2.05) is 13.1 Å². The maximum absolute atomic E-state index is 5.12. The molecule has 0 amide bonds. The largest absolute Gasteiger partial charge is 0.377 e. The predicted molar refractivity (Wildman–Crippen MR) is 81.1 cm³/mol. The van der Waals surface area contributed by atoms with Crippen LogP contribution in [0.15, 0.2) is 6.07 Å². The van der Waals surface area contributed by atoms with Crippen molar-refractivity contribution < 1.29 is 4.74 Å². The molecule has 2 N–H and O–H groups in total. The second kappa shape index (κ2) is 7.40. The van der Waals surface area contributed by atoms with E-state index in [2.05, 4.69) is 32.4 Å². The second-order valence-corrected chi connectivity index (χ2v) is 5.11. The number of aromatic nitrogens is 2. The molecule has 0 aromatic carbocycles. The van der Waals surface area contributed by atoms with Crippen LogP contribution in [0, 0.1) is 0 Å². The van der Waals surface area contributed by atoms with Gasteiger partial charge in [-0.1, -0.05) is 6.92 Å². The molecule has 20 heavy (non-hydrogen) atoms. The van der Waals surface area contributed by atoms with Crippen molar-refractivity contribution in [2.24, 2.45) is 0 Å². The van der Waals surface area contributed by atoms with Crippen LogP contribution < -0.4 is 10.6 Å². The van der Waals surface area contributed by atoms with Crippen molar-refractivity contribution in [2.75, 3.05) is 44.4 Å². The molecular formula is C14H25N5O. The number of piperidine rings is 1. The smallest absolute Gasteiger partial charge is 0.158 e. The first kappa shape index (κ1) is 15.0. The highest BCUT2D eigenvalue weighted by atomic mass is 16.5. The Hall–Kier alpha value is -1.40. The van der Waals surface area contributed by atoms with Crippen LogP contribution in [0.25, 0.3) is 0 Å². The molecule has 0 saturated carbocycles. The van der Waals surface area contributed by atoms with Gasteiger partial charge >= 0.3 is 0 Å². The van der Waals surface area contributed by atoms with Crippen molar-refractivity contribution >= 4 is 11.6 Å². The van der Waals surface area contributed by atoms with E-state index in [1.54, 1.807) is 7.11 Å². The number of likely N-dealkylation sites (tertiary alicyclic amines) is 1. The van der Waals surface area contributed by atoms with E-state index in [1.165, 1.54) is 19.4 Å². The van der Waals surface area contributed by atoms with Crippen molar-refractivity contribution in [3.8, 4) is 0 Å². The van der Waals surface area contributed by atoms with Crippen molar-refractivity contribution in [1.29, 1.82) is 0 Å². The van der Waals surface area contributed by atoms with Gasteiger partial charge in [0.2, 0.25) is 0 Å². The summed E-state index contributed by atoms with van der Waals surface area (Å²) < 4.78 is 5.12. The zero-order chi connectivity index (χ0) is 14.4. The highest BCUT2D eigenvalue weighted by molar-refractivity contribution is 5.47. The van der Waals surface area contributed by atoms with Crippen molar-refractivity contribution in [1.82, 2.24) is 14.9 Å². The van der Waals surface area contributed by atoms with Gasteiger partial charge in [0.05, 0.1) is 0 Å².